The SMILES string of the molecule is C=CC(=O)NC(CCCCCCCCCCC)(C(=O)O)C(=O)O. The molecular weight excluding hydrogens is 298 g/mol. The van der Waals surface area contributed by atoms with E-state index in [0.29, 0.717) is 6.42 Å². The molecule has 0 heterocycles. The Balaban J connectivity index is 4.25. The summed E-state index contributed by atoms with van der Waals surface area (Å²) in [6, 6.07) is 0. The minimum absolute atomic E-state index is 0.132. The van der Waals surface area contributed by atoms with E-state index in [0.717, 1.165) is 31.8 Å². The Kier molecular flexibility index (Phi) is 10.7. The van der Waals surface area contributed by atoms with Crippen molar-refractivity contribution in [3.05, 3.63) is 12.7 Å². The molecule has 0 aliphatic rings. The summed E-state index contributed by atoms with van der Waals surface area (Å²) < 4.78 is 0. The summed E-state index contributed by atoms with van der Waals surface area (Å²) in [5.41, 5.74) is -2.27. The fraction of sp³-hybridized carbons (Fsp3) is 0.706. The van der Waals surface area contributed by atoms with Crippen LogP contribution in [0.25, 0.3) is 0 Å². The van der Waals surface area contributed by atoms with E-state index in [9.17, 15) is 24.6 Å². The van der Waals surface area contributed by atoms with Gasteiger partial charge in [0.05, 0.1) is 0 Å². The zero-order valence-electron chi connectivity index (χ0n) is 14.0. The van der Waals surface area contributed by atoms with Gasteiger partial charge in [-0.15, -0.1) is 0 Å². The standard InChI is InChI=1S/C17H29NO5/c1-3-5-6-7-8-9-10-11-12-13-17(15(20)21,16(22)23)18-14(19)4-2/h4H,2-3,5-13H2,1H3,(H,18,19)(H,20,21)(H,22,23). The third kappa shape index (κ3) is 7.81. The Labute approximate surface area is 138 Å². The van der Waals surface area contributed by atoms with E-state index >= 15 is 0 Å². The van der Waals surface area contributed by atoms with Crippen LogP contribution in [0.5, 0.6) is 0 Å². The van der Waals surface area contributed by atoms with Gasteiger partial charge in [-0.2, -0.15) is 0 Å². The fourth-order valence-electron chi connectivity index (χ4n) is 2.44. The highest BCUT2D eigenvalue weighted by atomic mass is 16.4. The molecular formula is C17H29NO5. The van der Waals surface area contributed by atoms with Crippen LogP contribution in [0, 0.1) is 0 Å². The average Bonchev–Trinajstić information content (AvgIpc) is 2.51. The van der Waals surface area contributed by atoms with Gasteiger partial charge in [-0.25, -0.2) is 9.59 Å². The molecule has 0 aliphatic carbocycles. The van der Waals surface area contributed by atoms with Crippen LogP contribution >= 0.6 is 0 Å². The topological polar surface area (TPSA) is 104 Å². The van der Waals surface area contributed by atoms with Crippen LogP contribution in [0.2, 0.25) is 0 Å². The summed E-state index contributed by atoms with van der Waals surface area (Å²) in [5.74, 6) is -3.91. The summed E-state index contributed by atoms with van der Waals surface area (Å²) in [6.45, 7) is 5.39. The highest BCUT2D eigenvalue weighted by Crippen LogP contribution is 2.18. The molecule has 1 amide bonds. The second-order valence-electron chi connectivity index (χ2n) is 5.79. The first-order chi connectivity index (χ1) is 10.9. The lowest BCUT2D eigenvalue weighted by atomic mass is 9.91. The van der Waals surface area contributed by atoms with Gasteiger partial charge in [-0.05, 0) is 18.9 Å². The van der Waals surface area contributed by atoms with Gasteiger partial charge in [0.25, 0.3) is 0 Å². The van der Waals surface area contributed by atoms with E-state index in [1.165, 1.54) is 25.7 Å². The first-order valence-electron chi connectivity index (χ1n) is 8.32. The summed E-state index contributed by atoms with van der Waals surface area (Å²) in [5, 5.41) is 20.5. The maximum absolute atomic E-state index is 11.4. The molecule has 6 heteroatoms. The Morgan fingerprint density at radius 3 is 1.74 bits per heavy atom. The van der Waals surface area contributed by atoms with Crippen LogP contribution in [0.4, 0.5) is 0 Å². The van der Waals surface area contributed by atoms with Gasteiger partial charge in [0.15, 0.2) is 0 Å². The van der Waals surface area contributed by atoms with Crippen LogP contribution in [0.3, 0.4) is 0 Å². The molecule has 0 atom stereocenters. The number of carbonyl (C=O) groups is 3. The molecule has 0 bridgehead atoms. The highest BCUT2D eigenvalue weighted by Gasteiger charge is 2.47. The van der Waals surface area contributed by atoms with Crippen molar-refractivity contribution in [1.82, 2.24) is 5.32 Å². The lowest BCUT2D eigenvalue weighted by Gasteiger charge is -2.25. The van der Waals surface area contributed by atoms with E-state index in [-0.39, 0.29) is 6.42 Å². The van der Waals surface area contributed by atoms with Crippen molar-refractivity contribution < 1.29 is 24.6 Å². The number of carboxylic acids is 2. The number of rotatable bonds is 14. The first-order valence-corrected chi connectivity index (χ1v) is 8.32. The third-order valence-corrected chi connectivity index (χ3v) is 3.91. The molecule has 0 spiro atoms. The predicted molar refractivity (Wildman–Crippen MR) is 88.2 cm³/mol. The second-order valence-corrected chi connectivity index (χ2v) is 5.79. The molecule has 23 heavy (non-hydrogen) atoms. The van der Waals surface area contributed by atoms with Crippen LogP contribution in [-0.4, -0.2) is 33.6 Å². The molecule has 0 aromatic carbocycles. The molecule has 0 aromatic rings. The van der Waals surface area contributed by atoms with Crippen LogP contribution in [0.15, 0.2) is 12.7 Å². The monoisotopic (exact) mass is 327 g/mol. The van der Waals surface area contributed by atoms with Crippen molar-refractivity contribution in [3.8, 4) is 0 Å². The number of carbonyl (C=O) groups excluding carboxylic acids is 1. The minimum Gasteiger partial charge on any atom is -0.479 e. The molecule has 3 N–H and O–H groups in total. The van der Waals surface area contributed by atoms with Crippen molar-refractivity contribution >= 4 is 17.8 Å². The first kappa shape index (κ1) is 21.1. The molecule has 0 rings (SSSR count). The summed E-state index contributed by atoms with van der Waals surface area (Å²) in [7, 11) is 0. The van der Waals surface area contributed by atoms with E-state index in [4.69, 9.17) is 0 Å². The summed E-state index contributed by atoms with van der Waals surface area (Å²) >= 11 is 0. The van der Waals surface area contributed by atoms with Crippen LogP contribution in [-0.2, 0) is 14.4 Å². The van der Waals surface area contributed by atoms with Crippen LogP contribution < -0.4 is 5.32 Å². The van der Waals surface area contributed by atoms with E-state index in [1.807, 2.05) is 5.32 Å². The Hall–Kier alpha value is -1.85. The molecule has 0 aliphatic heterocycles. The third-order valence-electron chi connectivity index (χ3n) is 3.91. The number of nitrogens with one attached hydrogen (secondary N) is 1. The lowest BCUT2D eigenvalue weighted by Crippen LogP contribution is -2.59. The molecule has 0 fully saturated rings. The predicted octanol–water partition coefficient (Wildman–Crippen LogP) is 3.12. The number of unbranched alkanes of at least 4 members (excludes halogenated alkanes) is 8. The van der Waals surface area contributed by atoms with Gasteiger partial charge < -0.3 is 15.5 Å². The molecule has 0 unspecified atom stereocenters. The zero-order chi connectivity index (χ0) is 17.7. The van der Waals surface area contributed by atoms with Gasteiger partial charge in [0.1, 0.15) is 0 Å². The molecule has 0 saturated heterocycles. The van der Waals surface area contributed by atoms with E-state index in [1.54, 1.807) is 0 Å². The average molecular weight is 327 g/mol. The van der Waals surface area contributed by atoms with E-state index < -0.39 is 23.4 Å². The zero-order valence-corrected chi connectivity index (χ0v) is 14.0. The molecule has 0 radical (unpaired) electrons. The number of aliphatic carboxylic acids is 2. The molecule has 132 valence electrons. The minimum atomic E-state index is -2.27. The van der Waals surface area contributed by atoms with Crippen molar-refractivity contribution in [2.24, 2.45) is 0 Å². The maximum Gasteiger partial charge on any atom is 0.341 e. The Morgan fingerprint density at radius 1 is 0.913 bits per heavy atom. The Morgan fingerprint density at radius 2 is 1.35 bits per heavy atom. The number of carboxylic acid groups (broad SMARTS) is 2. The normalized spacial score (nSPS) is 11.0. The summed E-state index contributed by atoms with van der Waals surface area (Å²) in [6.07, 6.45) is 9.99. The summed E-state index contributed by atoms with van der Waals surface area (Å²) in [4.78, 5) is 34.0. The second kappa shape index (κ2) is 11.7. The fourth-order valence-corrected chi connectivity index (χ4v) is 2.44. The van der Waals surface area contributed by atoms with Crippen LogP contribution in [0.1, 0.15) is 71.1 Å². The quantitative estimate of drug-likeness (QED) is 0.258. The molecule has 0 saturated carbocycles. The van der Waals surface area contributed by atoms with Gasteiger partial charge in [-0.3, -0.25) is 4.79 Å². The Bertz CT molecular complexity index is 392. The van der Waals surface area contributed by atoms with Gasteiger partial charge >= 0.3 is 11.9 Å². The van der Waals surface area contributed by atoms with Crippen molar-refractivity contribution in [3.63, 3.8) is 0 Å². The van der Waals surface area contributed by atoms with Gasteiger partial charge in [-0.1, -0.05) is 64.9 Å². The van der Waals surface area contributed by atoms with Gasteiger partial charge in [0.2, 0.25) is 11.4 Å². The smallest absolute Gasteiger partial charge is 0.341 e. The number of hydrogen-bond donors (Lipinski definition) is 3. The van der Waals surface area contributed by atoms with E-state index in [2.05, 4.69) is 13.5 Å². The van der Waals surface area contributed by atoms with Crippen molar-refractivity contribution in [2.45, 2.75) is 76.7 Å². The molecule has 6 nitrogen and oxygen atoms in total. The van der Waals surface area contributed by atoms with Crippen molar-refractivity contribution in [2.75, 3.05) is 0 Å². The largest absolute Gasteiger partial charge is 0.479 e. The highest BCUT2D eigenvalue weighted by molar-refractivity contribution is 6.07. The maximum atomic E-state index is 11.4. The number of hydrogen-bond acceptors (Lipinski definition) is 3. The molecule has 0 aromatic heterocycles. The number of amides is 1. The lowest BCUT2D eigenvalue weighted by molar-refractivity contribution is -0.161. The van der Waals surface area contributed by atoms with Crippen molar-refractivity contribution in [1.29, 1.82) is 0 Å². The van der Waals surface area contributed by atoms with Gasteiger partial charge in [0, 0.05) is 0 Å².